The fourth-order valence-corrected chi connectivity index (χ4v) is 3.49. The highest BCUT2D eigenvalue weighted by atomic mass is 79.9. The summed E-state index contributed by atoms with van der Waals surface area (Å²) in [6, 6.07) is 15.5. The molecule has 0 saturated carbocycles. The first-order chi connectivity index (χ1) is 12.2. The molecule has 2 heterocycles. The van der Waals surface area contributed by atoms with Crippen molar-refractivity contribution in [1.82, 2.24) is 4.90 Å². The summed E-state index contributed by atoms with van der Waals surface area (Å²) < 4.78 is 6.27. The van der Waals surface area contributed by atoms with Crippen molar-refractivity contribution in [3.8, 4) is 0 Å². The molecule has 0 aliphatic carbocycles. The molecule has 0 aromatic heterocycles. The van der Waals surface area contributed by atoms with Gasteiger partial charge in [0.2, 0.25) is 0 Å². The molecule has 2 aromatic carbocycles. The molecule has 2 aliphatic rings. The molecular weight excluding hydrogens is 382 g/mol. The second-order valence-corrected chi connectivity index (χ2v) is 6.89. The number of hydrogen-bond acceptors (Lipinski definition) is 4. The number of ether oxygens (including phenoxy) is 1. The number of morpholine rings is 1. The Bertz CT molecular complexity index is 831. The highest BCUT2D eigenvalue weighted by molar-refractivity contribution is 9.10. The van der Waals surface area contributed by atoms with Gasteiger partial charge in [-0.2, -0.15) is 0 Å². The maximum Gasteiger partial charge on any atom is 0.278 e. The first-order valence-electron chi connectivity index (χ1n) is 8.28. The molecule has 0 unspecified atom stereocenters. The molecule has 6 heteroatoms. The number of hydrogen-bond donors (Lipinski definition) is 0. The van der Waals surface area contributed by atoms with Crippen molar-refractivity contribution < 1.29 is 9.53 Å². The standard InChI is InChI=1S/C19H18BrN3O2/c20-15-6-2-3-7-16(15)21-18-14-5-1-4-8-17(14)23(19(18)24)13-22-9-11-25-12-10-22/h1-8H,9-13H2. The van der Waals surface area contributed by atoms with E-state index in [1.165, 1.54) is 0 Å². The number of para-hydroxylation sites is 2. The molecular formula is C19H18BrN3O2. The minimum Gasteiger partial charge on any atom is -0.379 e. The number of aliphatic imine (C=N–C) groups is 1. The predicted octanol–water partition coefficient (Wildman–Crippen LogP) is 3.21. The van der Waals surface area contributed by atoms with E-state index in [-0.39, 0.29) is 5.91 Å². The van der Waals surface area contributed by atoms with Crippen molar-refractivity contribution in [1.29, 1.82) is 0 Å². The second kappa shape index (κ2) is 7.07. The summed E-state index contributed by atoms with van der Waals surface area (Å²) in [5.41, 5.74) is 3.06. The van der Waals surface area contributed by atoms with Crippen LogP contribution >= 0.6 is 15.9 Å². The Balaban J connectivity index is 1.70. The van der Waals surface area contributed by atoms with E-state index in [4.69, 9.17) is 4.74 Å². The van der Waals surface area contributed by atoms with Crippen LogP contribution in [-0.2, 0) is 9.53 Å². The Kier molecular flexibility index (Phi) is 4.65. The first-order valence-corrected chi connectivity index (χ1v) is 9.08. The van der Waals surface area contributed by atoms with Gasteiger partial charge in [0.1, 0.15) is 5.71 Å². The van der Waals surface area contributed by atoms with Gasteiger partial charge in [-0.3, -0.25) is 14.6 Å². The summed E-state index contributed by atoms with van der Waals surface area (Å²) in [6.45, 7) is 3.66. The third-order valence-corrected chi connectivity index (χ3v) is 5.10. The summed E-state index contributed by atoms with van der Waals surface area (Å²) in [4.78, 5) is 21.8. The molecule has 5 nitrogen and oxygen atoms in total. The number of carbonyl (C=O) groups excluding carboxylic acids is 1. The van der Waals surface area contributed by atoms with Gasteiger partial charge in [-0.15, -0.1) is 0 Å². The summed E-state index contributed by atoms with van der Waals surface area (Å²) in [7, 11) is 0. The lowest BCUT2D eigenvalue weighted by Gasteiger charge is -2.30. The molecule has 0 atom stereocenters. The number of rotatable bonds is 3. The lowest BCUT2D eigenvalue weighted by molar-refractivity contribution is -0.112. The van der Waals surface area contributed by atoms with Crippen LogP contribution in [0.1, 0.15) is 5.56 Å². The number of nitrogens with zero attached hydrogens (tertiary/aromatic N) is 3. The van der Waals surface area contributed by atoms with Crippen LogP contribution in [0, 0.1) is 0 Å². The quantitative estimate of drug-likeness (QED) is 0.795. The van der Waals surface area contributed by atoms with E-state index in [0.29, 0.717) is 25.6 Å². The Morgan fingerprint density at radius 3 is 2.56 bits per heavy atom. The van der Waals surface area contributed by atoms with Crippen molar-refractivity contribution in [2.75, 3.05) is 37.9 Å². The van der Waals surface area contributed by atoms with Gasteiger partial charge in [0.25, 0.3) is 5.91 Å². The van der Waals surface area contributed by atoms with Crippen LogP contribution in [0.25, 0.3) is 0 Å². The van der Waals surface area contributed by atoms with Gasteiger partial charge in [0.15, 0.2) is 0 Å². The van der Waals surface area contributed by atoms with Crippen LogP contribution in [0.4, 0.5) is 11.4 Å². The molecule has 0 radical (unpaired) electrons. The lowest BCUT2D eigenvalue weighted by atomic mass is 10.1. The molecule has 2 aromatic rings. The normalized spacial score (nSPS) is 19.5. The van der Waals surface area contributed by atoms with Crippen LogP contribution in [0.5, 0.6) is 0 Å². The summed E-state index contributed by atoms with van der Waals surface area (Å²) in [5.74, 6) is -0.0524. The zero-order chi connectivity index (χ0) is 17.2. The van der Waals surface area contributed by atoms with Gasteiger partial charge in [0, 0.05) is 23.1 Å². The van der Waals surface area contributed by atoms with E-state index in [1.807, 2.05) is 53.4 Å². The third kappa shape index (κ3) is 3.25. The predicted molar refractivity (Wildman–Crippen MR) is 102 cm³/mol. The highest BCUT2D eigenvalue weighted by Crippen LogP contribution is 2.32. The smallest absolute Gasteiger partial charge is 0.278 e. The van der Waals surface area contributed by atoms with Crippen molar-refractivity contribution in [2.45, 2.75) is 0 Å². The van der Waals surface area contributed by atoms with Crippen molar-refractivity contribution in [2.24, 2.45) is 4.99 Å². The van der Waals surface area contributed by atoms with Crippen LogP contribution in [0.2, 0.25) is 0 Å². The highest BCUT2D eigenvalue weighted by Gasteiger charge is 2.34. The molecule has 1 fully saturated rings. The Morgan fingerprint density at radius 2 is 1.76 bits per heavy atom. The lowest BCUT2D eigenvalue weighted by Crippen LogP contribution is -2.45. The van der Waals surface area contributed by atoms with E-state index in [1.54, 1.807) is 0 Å². The van der Waals surface area contributed by atoms with E-state index >= 15 is 0 Å². The van der Waals surface area contributed by atoms with Crippen LogP contribution < -0.4 is 4.90 Å². The van der Waals surface area contributed by atoms with Gasteiger partial charge >= 0.3 is 0 Å². The van der Waals surface area contributed by atoms with Gasteiger partial charge in [-0.05, 0) is 34.1 Å². The minimum absolute atomic E-state index is 0.0524. The fraction of sp³-hybridized carbons (Fsp3) is 0.263. The number of halogens is 1. The molecule has 128 valence electrons. The maximum atomic E-state index is 13.1. The molecule has 1 amide bonds. The van der Waals surface area contributed by atoms with Crippen LogP contribution in [0.3, 0.4) is 0 Å². The molecule has 25 heavy (non-hydrogen) atoms. The molecule has 0 spiro atoms. The number of amides is 1. The average Bonchev–Trinajstić information content (AvgIpc) is 2.90. The van der Waals surface area contributed by atoms with Gasteiger partial charge in [0.05, 0.1) is 31.3 Å². The largest absolute Gasteiger partial charge is 0.379 e. The van der Waals surface area contributed by atoms with E-state index in [9.17, 15) is 4.79 Å². The van der Waals surface area contributed by atoms with Crippen LogP contribution in [-0.4, -0.2) is 49.5 Å². The third-order valence-electron chi connectivity index (χ3n) is 4.43. The Morgan fingerprint density at radius 1 is 1.04 bits per heavy atom. The number of benzene rings is 2. The van der Waals surface area contributed by atoms with Crippen molar-refractivity contribution in [3.63, 3.8) is 0 Å². The number of fused-ring (bicyclic) bond motifs is 1. The summed E-state index contributed by atoms with van der Waals surface area (Å²) in [6.07, 6.45) is 0. The zero-order valence-electron chi connectivity index (χ0n) is 13.7. The van der Waals surface area contributed by atoms with Gasteiger partial charge in [-0.25, -0.2) is 4.99 Å². The fourth-order valence-electron chi connectivity index (χ4n) is 3.12. The van der Waals surface area contributed by atoms with E-state index in [0.717, 1.165) is 34.5 Å². The molecule has 4 rings (SSSR count). The summed E-state index contributed by atoms with van der Waals surface area (Å²) >= 11 is 3.50. The number of carbonyl (C=O) groups is 1. The molecule has 0 bridgehead atoms. The van der Waals surface area contributed by atoms with Gasteiger partial charge < -0.3 is 4.74 Å². The second-order valence-electron chi connectivity index (χ2n) is 6.03. The van der Waals surface area contributed by atoms with E-state index in [2.05, 4.69) is 25.8 Å². The molecule has 2 aliphatic heterocycles. The van der Waals surface area contributed by atoms with Crippen LogP contribution in [0.15, 0.2) is 58.0 Å². The SMILES string of the molecule is O=C1C(=Nc2ccccc2Br)c2ccccc2N1CN1CCOCC1. The number of anilines is 1. The Labute approximate surface area is 155 Å². The first kappa shape index (κ1) is 16.4. The average molecular weight is 400 g/mol. The van der Waals surface area contributed by atoms with Crippen molar-refractivity contribution >= 4 is 38.9 Å². The summed E-state index contributed by atoms with van der Waals surface area (Å²) in [5, 5.41) is 0. The monoisotopic (exact) mass is 399 g/mol. The van der Waals surface area contributed by atoms with Crippen molar-refractivity contribution in [3.05, 3.63) is 58.6 Å². The topological polar surface area (TPSA) is 45.1 Å². The zero-order valence-corrected chi connectivity index (χ0v) is 15.3. The minimum atomic E-state index is -0.0524. The Hall–Kier alpha value is -2.02. The maximum absolute atomic E-state index is 13.1. The molecule has 0 N–H and O–H groups in total. The molecule has 1 saturated heterocycles. The van der Waals surface area contributed by atoms with E-state index < -0.39 is 0 Å². The van der Waals surface area contributed by atoms with Gasteiger partial charge in [-0.1, -0.05) is 30.3 Å².